The minimum absolute atomic E-state index is 0.242. The number of aliphatic hydroxyl groups excluding tert-OH is 20. The maximum Gasteiger partial charge on any atom is 0.338 e. The molecule has 21 heterocycles. The fourth-order valence-electron chi connectivity index (χ4n) is 12.5. The average Bonchev–Trinajstić information content (AvgIpc) is 0.787. The molecule has 21 fully saturated rings. The van der Waals surface area contributed by atoms with Gasteiger partial charge in [0.05, 0.1) is 56.2 Å². The van der Waals surface area contributed by atoms with E-state index in [0.717, 1.165) is 6.92 Å². The van der Waals surface area contributed by atoms with Gasteiger partial charge in [0.25, 0.3) is 0 Å². The van der Waals surface area contributed by atoms with Crippen molar-refractivity contribution < 1.29 is 187 Å². The minimum Gasteiger partial charge on any atom is -0.461 e. The first-order valence-corrected chi connectivity index (χ1v) is 31.6. The van der Waals surface area contributed by atoms with E-state index in [9.17, 15) is 116 Å². The summed E-state index contributed by atoms with van der Waals surface area (Å²) >= 11 is 0. The molecule has 37 atom stereocenters. The number of carbonyl (C=O) groups is 1. The summed E-state index contributed by atoms with van der Waals surface area (Å²) in [6.07, 6.45) is -73.6. The van der Waals surface area contributed by atoms with Gasteiger partial charge in [0.15, 0.2) is 49.6 Å². The first-order chi connectivity index (χ1) is 45.2. The zero-order chi connectivity index (χ0) is 68.8. The molecule has 95 heavy (non-hydrogen) atoms. The van der Waals surface area contributed by atoms with Crippen LogP contribution in [0.1, 0.15) is 6.92 Å². The van der Waals surface area contributed by atoms with Crippen LogP contribution < -0.4 is 0 Å². The van der Waals surface area contributed by atoms with Gasteiger partial charge >= 0.3 is 5.97 Å². The van der Waals surface area contributed by atoms with Gasteiger partial charge in [-0.25, -0.2) is 4.79 Å². The van der Waals surface area contributed by atoms with Gasteiger partial charge in [-0.15, -0.1) is 0 Å². The first kappa shape index (κ1) is 74.6. The summed E-state index contributed by atoms with van der Waals surface area (Å²) in [7, 11) is -2.09. The number of esters is 1. The third-order valence-electron chi connectivity index (χ3n) is 17.8. The number of fused-ring (bicyclic) bond motifs is 1. The quantitative estimate of drug-likeness (QED) is 0.0878. The Morgan fingerprint density at radius 2 is 0.611 bits per heavy atom. The molecule has 39 heteroatoms. The van der Waals surface area contributed by atoms with Crippen molar-refractivity contribution in [3.8, 4) is 0 Å². The lowest BCUT2D eigenvalue weighted by Crippen LogP contribution is -2.68. The number of hydrogen-bond acceptors (Lipinski definition) is 38. The van der Waals surface area contributed by atoms with Crippen molar-refractivity contribution in [3.63, 3.8) is 0 Å². The molecule has 21 aliphatic rings. The van der Waals surface area contributed by atoms with Crippen molar-refractivity contribution in [1.29, 1.82) is 0 Å². The van der Waals surface area contributed by atoms with Crippen molar-refractivity contribution in [1.82, 2.24) is 0 Å². The Balaban J connectivity index is 0.943. The number of carbonyl (C=O) groups excluding carboxylic acids is 1. The molecule has 0 aromatic heterocycles. The van der Waals surface area contributed by atoms with Crippen LogP contribution in [-0.4, -0.2) is 390 Å². The monoisotopic (exact) mass is 1390 g/mol. The van der Waals surface area contributed by atoms with Gasteiger partial charge in [0.1, 0.15) is 178 Å². The molecular formula is C56H82O38S. The van der Waals surface area contributed by atoms with Crippen LogP contribution in [-0.2, 0) is 86.6 Å². The highest BCUT2D eigenvalue weighted by Crippen LogP contribution is 2.39. The maximum absolute atomic E-state index is 13.9. The van der Waals surface area contributed by atoms with Gasteiger partial charge in [-0.1, -0.05) is 36.4 Å². The summed E-state index contributed by atoms with van der Waals surface area (Å²) < 4.78 is 100. The normalized spacial score (nSPS) is 48.1. The molecular weight excluding hydrogens is 1310 g/mol. The lowest BCUT2D eigenvalue weighted by Gasteiger charge is -2.50. The topological polar surface area (TPSA) is 597 Å². The number of hydrogen-bond donors (Lipinski definition) is 21. The van der Waals surface area contributed by atoms with Crippen LogP contribution in [0.4, 0.5) is 0 Å². The lowest BCUT2D eigenvalue weighted by atomic mass is 9.95. The van der Waals surface area contributed by atoms with Crippen LogP contribution in [0.2, 0.25) is 0 Å². The van der Waals surface area contributed by atoms with Gasteiger partial charge in [-0.3, -0.25) is 4.21 Å². The molecule has 21 aliphatic heterocycles. The van der Waals surface area contributed by atoms with Crippen LogP contribution in [0.25, 0.3) is 10.8 Å². The zero-order valence-electron chi connectivity index (χ0n) is 50.1. The number of ether oxygens (including phenoxy) is 15. The smallest absolute Gasteiger partial charge is 0.338 e. The molecule has 1 unspecified atom stereocenters. The lowest BCUT2D eigenvalue weighted by molar-refractivity contribution is -0.396. The Kier molecular flexibility index (Phi) is 24.7. The van der Waals surface area contributed by atoms with Crippen LogP contribution in [0.3, 0.4) is 0 Å². The van der Waals surface area contributed by atoms with Gasteiger partial charge in [0.2, 0.25) is 0 Å². The van der Waals surface area contributed by atoms with Gasteiger partial charge in [-0.05, 0) is 23.8 Å². The predicted octanol–water partition coefficient (Wildman–Crippen LogP) is -13.0. The summed E-state index contributed by atoms with van der Waals surface area (Å²) in [6, 6.07) is 11.7. The molecule has 23 rings (SSSR count). The van der Waals surface area contributed by atoms with Crippen molar-refractivity contribution >= 4 is 27.5 Å². The third-order valence-corrected chi connectivity index (χ3v) is 19.5. The Bertz CT molecular complexity index is 2810. The highest BCUT2D eigenvalue weighted by Gasteiger charge is 2.60. The van der Waals surface area contributed by atoms with Crippen molar-refractivity contribution in [3.05, 3.63) is 42.5 Å². The molecule has 0 amide bonds. The molecule has 21 saturated heterocycles. The van der Waals surface area contributed by atoms with E-state index in [4.69, 9.17) is 71.1 Å². The molecule has 14 bridgehead atoms. The molecule has 0 radical (unpaired) electrons. The second kappa shape index (κ2) is 31.4. The highest BCUT2D eigenvalue weighted by atomic mass is 32.2. The summed E-state index contributed by atoms with van der Waals surface area (Å²) in [5.41, 5.74) is -2.57. The standard InChI is InChI=1S/C56H82O38S/c1-56(78,16-95(79)26-8-4-6-17-5-2-3-7-18(17)26)55(77)80-15-25-47-33(69)40(76)54(87-25)93-46-24(14-62)85-52(38(74)31(46)67)91-44-22(12-60)83-50(36(72)29(44)65)89-42-20(10-58)81-48(34(70)27(42)63)88-41-19(9-57)82-49(35(71)28(41)64)90-43-21(11-59)84-51(37(73)30(43)66)92-45-23(13-61)86-53(94-47)39(75)32(45)68/h2-8,19-25,27-54,57-76,78H,9-16H2,1H3/t19-,20-,21-,22-,23-,24-,25-,27-,28-,29-,30-,31-,32-,33-,34-,35-,36-,37-,38-,39-,40-,41-,42-,43-,44-,45-,46-,47-,48-,49-,50-,51-,52-,53-,54-,56+,95?/m1/s1. The molecule has 0 saturated carbocycles. The van der Waals surface area contributed by atoms with E-state index < -0.39 is 289 Å². The maximum atomic E-state index is 13.9. The van der Waals surface area contributed by atoms with E-state index >= 15 is 0 Å². The van der Waals surface area contributed by atoms with E-state index in [1.165, 1.54) is 6.07 Å². The second-order valence-electron chi connectivity index (χ2n) is 24.3. The van der Waals surface area contributed by atoms with E-state index in [1.807, 2.05) is 0 Å². The largest absolute Gasteiger partial charge is 0.461 e. The molecule has 540 valence electrons. The molecule has 0 spiro atoms. The Labute approximate surface area is 540 Å². The van der Waals surface area contributed by atoms with E-state index in [0.29, 0.717) is 10.8 Å². The summed E-state index contributed by atoms with van der Waals surface area (Å²) in [5.74, 6) is -2.22. The van der Waals surface area contributed by atoms with E-state index in [2.05, 4.69) is 0 Å². The fourth-order valence-corrected chi connectivity index (χ4v) is 13.9. The van der Waals surface area contributed by atoms with Crippen molar-refractivity contribution in [2.24, 2.45) is 0 Å². The van der Waals surface area contributed by atoms with Crippen LogP contribution in [0.15, 0.2) is 47.4 Å². The van der Waals surface area contributed by atoms with Crippen LogP contribution in [0, 0.1) is 0 Å². The highest BCUT2D eigenvalue weighted by molar-refractivity contribution is 7.85. The second-order valence-corrected chi connectivity index (χ2v) is 25.7. The zero-order valence-corrected chi connectivity index (χ0v) is 51.0. The van der Waals surface area contributed by atoms with Crippen molar-refractivity contribution in [2.75, 3.05) is 52.0 Å². The summed E-state index contributed by atoms with van der Waals surface area (Å²) in [4.78, 5) is 14.1. The molecule has 2 aromatic carbocycles. The van der Waals surface area contributed by atoms with Crippen molar-refractivity contribution in [2.45, 2.75) is 232 Å². The molecule has 21 N–H and O–H groups in total. The number of benzene rings is 2. The van der Waals surface area contributed by atoms with Gasteiger partial charge < -0.3 is 178 Å². The van der Waals surface area contributed by atoms with Crippen LogP contribution >= 0.6 is 0 Å². The summed E-state index contributed by atoms with van der Waals surface area (Å²) in [5, 5.41) is 237. The average molecular weight is 1400 g/mol. The Hall–Kier alpha value is -3.08. The number of rotatable bonds is 12. The summed E-state index contributed by atoms with van der Waals surface area (Å²) in [6.45, 7) is -6.76. The Morgan fingerprint density at radius 1 is 0.368 bits per heavy atom. The minimum atomic E-state index is -2.57. The SMILES string of the molecule is C[C@](O)(CS(=O)c1cccc2ccccc12)C(=O)OC[C@H]1O[C@@H]2O[C@H]3[C@H](O)[C@@H](O)[C@@H](O[C@H]4[C@H](O)[C@@H](O)[C@@H](O[C@H]5[C@H](O)[C@@H](O)[C@@H](O[C@H]6[C@H](O)[C@@H](O)[C@@H](O[C@H]7[C@H](O)[C@@H](O)[C@@H](O[C@H]8[C@H](O)[C@@H](O)[C@@H](O[C@H]1[C@H](O)[C@H]2O)O[C@@H]8CO)O[C@@H]7CO)O[C@@H]6CO)O[C@@H]5CO)O[C@@H]4CO)O[C@@H]3CO. The van der Waals surface area contributed by atoms with Gasteiger partial charge in [0, 0.05) is 4.90 Å². The predicted molar refractivity (Wildman–Crippen MR) is 298 cm³/mol. The molecule has 38 nitrogen and oxygen atoms in total. The fraction of sp³-hybridized carbons (Fsp3) is 0.804. The molecule has 0 aliphatic carbocycles. The van der Waals surface area contributed by atoms with Gasteiger partial charge in [-0.2, -0.15) is 0 Å². The first-order valence-electron chi connectivity index (χ1n) is 30.3. The Morgan fingerprint density at radius 3 is 0.884 bits per heavy atom. The molecule has 2 aromatic rings. The van der Waals surface area contributed by atoms with E-state index in [-0.39, 0.29) is 4.90 Å². The number of aliphatic hydroxyl groups is 21. The van der Waals surface area contributed by atoms with E-state index in [1.54, 1.807) is 36.4 Å². The third kappa shape index (κ3) is 15.1. The van der Waals surface area contributed by atoms with Crippen LogP contribution in [0.5, 0.6) is 0 Å².